The molecule has 0 saturated heterocycles. The Morgan fingerprint density at radius 3 is 2.50 bits per heavy atom. The van der Waals surface area contributed by atoms with Crippen molar-refractivity contribution in [2.45, 2.75) is 13.5 Å². The fourth-order valence-corrected chi connectivity index (χ4v) is 2.70. The number of nitrogens with one attached hydrogen (secondary N) is 3. The number of furan rings is 1. The molecule has 1 aromatic heterocycles. The minimum absolute atomic E-state index is 0.147. The summed E-state index contributed by atoms with van der Waals surface area (Å²) in [5, 5.41) is 8.95. The number of hydrogen-bond donors (Lipinski definition) is 3. The summed E-state index contributed by atoms with van der Waals surface area (Å²) in [6.45, 7) is 2.38. The van der Waals surface area contributed by atoms with Crippen molar-refractivity contribution in [3.63, 3.8) is 0 Å². The van der Waals surface area contributed by atoms with Crippen molar-refractivity contribution in [1.29, 1.82) is 0 Å². The maximum absolute atomic E-state index is 12.1. The predicted molar refractivity (Wildman–Crippen MR) is 124 cm³/mol. The second kappa shape index (κ2) is 12.4. The Balaban J connectivity index is 1.41. The van der Waals surface area contributed by atoms with Crippen LogP contribution in [0.1, 0.15) is 18.2 Å². The van der Waals surface area contributed by atoms with Crippen LogP contribution in [-0.2, 0) is 20.9 Å². The van der Waals surface area contributed by atoms with E-state index < -0.39 is 11.8 Å². The van der Waals surface area contributed by atoms with Gasteiger partial charge in [0.2, 0.25) is 0 Å². The highest BCUT2D eigenvalue weighted by Crippen LogP contribution is 2.23. The summed E-state index contributed by atoms with van der Waals surface area (Å²) in [7, 11) is 0. The standard InChI is InChI=1S/C24H24N4O6/c1-2-32-21-8-4-3-7-20(21)27-23(30)24(31)28-26-14-17-9-11-18(12-10-17)34-16-22(29)25-15-19-6-5-13-33-19/h3-14H,2,15-16H2,1H3,(H,25,29)(H,27,30)(H,28,31)/b26-14-. The molecule has 2 aromatic carbocycles. The minimum atomic E-state index is -0.928. The molecule has 176 valence electrons. The molecule has 34 heavy (non-hydrogen) atoms. The number of hydrogen-bond acceptors (Lipinski definition) is 7. The van der Waals surface area contributed by atoms with Gasteiger partial charge < -0.3 is 24.5 Å². The van der Waals surface area contributed by atoms with E-state index >= 15 is 0 Å². The molecule has 10 nitrogen and oxygen atoms in total. The largest absolute Gasteiger partial charge is 0.492 e. The van der Waals surface area contributed by atoms with Gasteiger partial charge in [-0.1, -0.05) is 12.1 Å². The summed E-state index contributed by atoms with van der Waals surface area (Å²) in [6, 6.07) is 17.0. The Morgan fingerprint density at radius 1 is 0.971 bits per heavy atom. The Hall–Kier alpha value is -4.60. The van der Waals surface area contributed by atoms with E-state index in [1.54, 1.807) is 60.7 Å². The molecule has 0 aliphatic rings. The summed E-state index contributed by atoms with van der Waals surface area (Å²) in [6.07, 6.45) is 2.91. The molecule has 3 N–H and O–H groups in total. The molecule has 0 spiro atoms. The normalized spacial score (nSPS) is 10.5. The molecule has 0 aliphatic carbocycles. The van der Waals surface area contributed by atoms with Gasteiger partial charge in [0.1, 0.15) is 17.3 Å². The summed E-state index contributed by atoms with van der Waals surface area (Å²) >= 11 is 0. The third kappa shape index (κ3) is 7.52. The number of hydrazone groups is 1. The van der Waals surface area contributed by atoms with E-state index in [4.69, 9.17) is 13.9 Å². The number of rotatable bonds is 10. The molecule has 0 aliphatic heterocycles. The molecule has 10 heteroatoms. The average Bonchev–Trinajstić information content (AvgIpc) is 3.37. The zero-order valence-corrected chi connectivity index (χ0v) is 18.4. The van der Waals surface area contributed by atoms with Crippen molar-refractivity contribution < 1.29 is 28.3 Å². The van der Waals surface area contributed by atoms with E-state index in [0.717, 1.165) is 0 Å². The molecule has 0 bridgehead atoms. The Labute approximate surface area is 195 Å². The number of benzene rings is 2. The molecular weight excluding hydrogens is 440 g/mol. The van der Waals surface area contributed by atoms with Crippen molar-refractivity contribution in [2.24, 2.45) is 5.10 Å². The molecule has 0 unspecified atom stereocenters. The fraction of sp³-hybridized carbons (Fsp3) is 0.167. The van der Waals surface area contributed by atoms with Crippen LogP contribution in [0.25, 0.3) is 0 Å². The Kier molecular flexibility index (Phi) is 8.80. The third-order valence-corrected chi connectivity index (χ3v) is 4.31. The van der Waals surface area contributed by atoms with Gasteiger partial charge in [-0.3, -0.25) is 14.4 Å². The first-order valence-electron chi connectivity index (χ1n) is 10.4. The lowest BCUT2D eigenvalue weighted by molar-refractivity contribution is -0.136. The van der Waals surface area contributed by atoms with Crippen molar-refractivity contribution in [2.75, 3.05) is 18.5 Å². The van der Waals surface area contributed by atoms with Crippen molar-refractivity contribution in [1.82, 2.24) is 10.7 Å². The van der Waals surface area contributed by atoms with Crippen LogP contribution in [-0.4, -0.2) is 37.1 Å². The van der Waals surface area contributed by atoms with Crippen molar-refractivity contribution in [3.05, 3.63) is 78.3 Å². The monoisotopic (exact) mass is 464 g/mol. The first-order valence-corrected chi connectivity index (χ1v) is 10.4. The van der Waals surface area contributed by atoms with Crippen LogP contribution in [0.15, 0.2) is 76.4 Å². The van der Waals surface area contributed by atoms with Gasteiger partial charge in [-0.2, -0.15) is 5.10 Å². The molecular formula is C24H24N4O6. The van der Waals surface area contributed by atoms with Crippen LogP contribution in [0, 0.1) is 0 Å². The summed E-state index contributed by atoms with van der Waals surface area (Å²) in [5.41, 5.74) is 3.21. The summed E-state index contributed by atoms with van der Waals surface area (Å²) in [5.74, 6) is -0.487. The molecule has 0 radical (unpaired) electrons. The van der Waals surface area contributed by atoms with E-state index in [-0.39, 0.29) is 19.1 Å². The number of carbonyl (C=O) groups excluding carboxylic acids is 3. The van der Waals surface area contributed by atoms with Crippen LogP contribution in [0.5, 0.6) is 11.5 Å². The molecule has 0 atom stereocenters. The van der Waals surface area contributed by atoms with Gasteiger partial charge in [-0.05, 0) is 61.0 Å². The molecule has 3 rings (SSSR count). The highest BCUT2D eigenvalue weighted by molar-refractivity contribution is 6.39. The third-order valence-electron chi connectivity index (χ3n) is 4.31. The van der Waals surface area contributed by atoms with Crippen molar-refractivity contribution in [3.8, 4) is 11.5 Å². The SMILES string of the molecule is CCOc1ccccc1NC(=O)C(=O)N/N=C\c1ccc(OCC(=O)NCc2ccco2)cc1. The van der Waals surface area contributed by atoms with Crippen LogP contribution in [0.3, 0.4) is 0 Å². The van der Waals surface area contributed by atoms with E-state index in [0.29, 0.717) is 35.1 Å². The summed E-state index contributed by atoms with van der Waals surface area (Å²) < 4.78 is 16.0. The van der Waals surface area contributed by atoms with Gasteiger partial charge in [-0.15, -0.1) is 0 Å². The van der Waals surface area contributed by atoms with Crippen molar-refractivity contribution >= 4 is 29.6 Å². The minimum Gasteiger partial charge on any atom is -0.492 e. The van der Waals surface area contributed by atoms with Crippen LogP contribution < -0.4 is 25.5 Å². The molecule has 1 heterocycles. The summed E-state index contributed by atoms with van der Waals surface area (Å²) in [4.78, 5) is 35.9. The average molecular weight is 464 g/mol. The molecule has 3 aromatic rings. The zero-order valence-electron chi connectivity index (χ0n) is 18.4. The smallest absolute Gasteiger partial charge is 0.329 e. The topological polar surface area (TPSA) is 131 Å². The Bertz CT molecular complexity index is 1130. The van der Waals surface area contributed by atoms with Crippen LogP contribution >= 0.6 is 0 Å². The lowest BCUT2D eigenvalue weighted by Gasteiger charge is -2.10. The highest BCUT2D eigenvalue weighted by atomic mass is 16.5. The van der Waals surface area contributed by atoms with Gasteiger partial charge >= 0.3 is 11.8 Å². The van der Waals surface area contributed by atoms with Crippen LogP contribution in [0.2, 0.25) is 0 Å². The molecule has 0 fully saturated rings. The second-order valence-corrected chi connectivity index (χ2v) is 6.80. The van der Waals surface area contributed by atoms with Crippen LogP contribution in [0.4, 0.5) is 5.69 Å². The van der Waals surface area contributed by atoms with Gasteiger partial charge in [0.05, 0.1) is 31.3 Å². The van der Waals surface area contributed by atoms with E-state index in [1.807, 2.05) is 6.92 Å². The van der Waals surface area contributed by atoms with Gasteiger partial charge in [0.25, 0.3) is 5.91 Å². The number of para-hydroxylation sites is 2. The Morgan fingerprint density at radius 2 is 1.76 bits per heavy atom. The van der Waals surface area contributed by atoms with E-state index in [1.165, 1.54) is 12.5 Å². The number of amides is 3. The maximum Gasteiger partial charge on any atom is 0.329 e. The quantitative estimate of drug-likeness (QED) is 0.240. The first kappa shape index (κ1) is 24.1. The predicted octanol–water partition coefficient (Wildman–Crippen LogP) is 2.46. The second-order valence-electron chi connectivity index (χ2n) is 6.80. The van der Waals surface area contributed by atoms with Gasteiger partial charge in [-0.25, -0.2) is 5.43 Å². The van der Waals surface area contributed by atoms with E-state index in [2.05, 4.69) is 21.2 Å². The first-order chi connectivity index (χ1) is 16.5. The number of anilines is 1. The highest BCUT2D eigenvalue weighted by Gasteiger charge is 2.15. The lowest BCUT2D eigenvalue weighted by Crippen LogP contribution is -2.32. The number of carbonyl (C=O) groups is 3. The van der Waals surface area contributed by atoms with Gasteiger partial charge in [0.15, 0.2) is 6.61 Å². The molecule has 3 amide bonds. The number of nitrogens with zero attached hydrogens (tertiary/aromatic N) is 1. The molecule has 0 saturated carbocycles. The fourth-order valence-electron chi connectivity index (χ4n) is 2.70. The van der Waals surface area contributed by atoms with Gasteiger partial charge in [0, 0.05) is 0 Å². The maximum atomic E-state index is 12.1. The number of ether oxygens (including phenoxy) is 2. The zero-order chi connectivity index (χ0) is 24.2. The lowest BCUT2D eigenvalue weighted by atomic mass is 10.2. The van der Waals surface area contributed by atoms with E-state index in [9.17, 15) is 14.4 Å².